The maximum atomic E-state index is 13.1. The van der Waals surface area contributed by atoms with Gasteiger partial charge in [0.25, 0.3) is 0 Å². The van der Waals surface area contributed by atoms with E-state index in [9.17, 15) is 8.78 Å². The fraction of sp³-hybridized carbons (Fsp3) is 1.00. The lowest BCUT2D eigenvalue weighted by Crippen LogP contribution is -2.14. The summed E-state index contributed by atoms with van der Waals surface area (Å²) in [7, 11) is 0. The molecule has 0 atom stereocenters. The van der Waals surface area contributed by atoms with Crippen molar-refractivity contribution in [2.45, 2.75) is 83.5 Å². The third-order valence-corrected chi connectivity index (χ3v) is 3.07. The zero-order valence-corrected chi connectivity index (χ0v) is 11.2. The fourth-order valence-electron chi connectivity index (χ4n) is 2.05. The zero-order valence-electron chi connectivity index (χ0n) is 11.2. The number of hydrogen-bond donors (Lipinski definition) is 1. The van der Waals surface area contributed by atoms with E-state index in [0.717, 1.165) is 38.5 Å². The number of halogens is 2. The van der Waals surface area contributed by atoms with Crippen molar-refractivity contribution in [2.75, 3.05) is 6.61 Å². The fourth-order valence-corrected chi connectivity index (χ4v) is 2.05. The molecular formula is C14H28F2O. The average Bonchev–Trinajstić information content (AvgIpc) is 2.27. The summed E-state index contributed by atoms with van der Waals surface area (Å²) in [4.78, 5) is 0. The Morgan fingerprint density at radius 3 is 1.71 bits per heavy atom. The molecule has 17 heavy (non-hydrogen) atoms. The minimum atomic E-state index is -2.43. The Morgan fingerprint density at radius 1 is 0.765 bits per heavy atom. The van der Waals surface area contributed by atoms with Crippen molar-refractivity contribution in [3.8, 4) is 0 Å². The molecule has 1 N–H and O–H groups in total. The van der Waals surface area contributed by atoms with Crippen molar-refractivity contribution in [3.63, 3.8) is 0 Å². The molecule has 0 spiro atoms. The van der Waals surface area contributed by atoms with Gasteiger partial charge >= 0.3 is 0 Å². The van der Waals surface area contributed by atoms with E-state index in [2.05, 4.69) is 0 Å². The Labute approximate surface area is 105 Å². The summed E-state index contributed by atoms with van der Waals surface area (Å²) >= 11 is 0. The predicted molar refractivity (Wildman–Crippen MR) is 68.5 cm³/mol. The summed E-state index contributed by atoms with van der Waals surface area (Å²) in [5.74, 6) is -2.43. The van der Waals surface area contributed by atoms with Crippen LogP contribution in [0.5, 0.6) is 0 Å². The second-order valence-electron chi connectivity index (χ2n) is 4.91. The van der Waals surface area contributed by atoms with Crippen LogP contribution >= 0.6 is 0 Å². The smallest absolute Gasteiger partial charge is 0.248 e. The molecule has 0 amide bonds. The number of aliphatic hydroxyl groups is 1. The van der Waals surface area contributed by atoms with Crippen LogP contribution in [-0.4, -0.2) is 17.6 Å². The number of alkyl halides is 2. The molecule has 0 aromatic rings. The van der Waals surface area contributed by atoms with Gasteiger partial charge in [-0.3, -0.25) is 0 Å². The summed E-state index contributed by atoms with van der Waals surface area (Å²) in [6.45, 7) is 2.09. The summed E-state index contributed by atoms with van der Waals surface area (Å²) in [5, 5.41) is 8.59. The molecule has 0 aliphatic heterocycles. The van der Waals surface area contributed by atoms with E-state index in [1.165, 1.54) is 6.42 Å². The molecular weight excluding hydrogens is 222 g/mol. The molecule has 104 valence electrons. The van der Waals surface area contributed by atoms with E-state index in [1.807, 2.05) is 0 Å². The van der Waals surface area contributed by atoms with Crippen LogP contribution in [0.1, 0.15) is 77.6 Å². The second kappa shape index (κ2) is 10.9. The van der Waals surface area contributed by atoms with E-state index in [4.69, 9.17) is 5.11 Å². The van der Waals surface area contributed by atoms with E-state index < -0.39 is 5.92 Å². The van der Waals surface area contributed by atoms with Crippen LogP contribution in [0.3, 0.4) is 0 Å². The summed E-state index contributed by atoms with van der Waals surface area (Å²) in [6, 6.07) is 0. The van der Waals surface area contributed by atoms with Crippen LogP contribution in [-0.2, 0) is 0 Å². The van der Waals surface area contributed by atoms with Crippen LogP contribution in [0.4, 0.5) is 8.78 Å². The van der Waals surface area contributed by atoms with Crippen LogP contribution in [0.15, 0.2) is 0 Å². The van der Waals surface area contributed by atoms with Crippen molar-refractivity contribution < 1.29 is 13.9 Å². The van der Waals surface area contributed by atoms with Crippen LogP contribution < -0.4 is 0 Å². The van der Waals surface area contributed by atoms with Gasteiger partial charge in [0.1, 0.15) is 0 Å². The van der Waals surface area contributed by atoms with Gasteiger partial charge in [0.15, 0.2) is 0 Å². The van der Waals surface area contributed by atoms with Crippen LogP contribution in [0, 0.1) is 0 Å². The standard InChI is InChI=1S/C14H28F2O/c1-2-11-14(15,16)12-9-7-5-3-4-6-8-10-13-17/h17H,2-13H2,1H3. The molecule has 0 radical (unpaired) electrons. The molecule has 0 saturated carbocycles. The van der Waals surface area contributed by atoms with Gasteiger partial charge in [-0.1, -0.05) is 51.9 Å². The summed E-state index contributed by atoms with van der Waals surface area (Å²) in [6.07, 6.45) is 8.78. The number of aliphatic hydroxyl groups excluding tert-OH is 1. The molecule has 0 aliphatic carbocycles. The zero-order chi connectivity index (χ0) is 13.0. The SMILES string of the molecule is CCCC(F)(F)CCCCCCCCCCO. The molecule has 0 unspecified atom stereocenters. The third kappa shape index (κ3) is 12.1. The first-order valence-electron chi connectivity index (χ1n) is 7.11. The highest BCUT2D eigenvalue weighted by molar-refractivity contribution is 4.65. The topological polar surface area (TPSA) is 20.2 Å². The lowest BCUT2D eigenvalue weighted by atomic mass is 10.0. The molecule has 0 aromatic heterocycles. The minimum absolute atomic E-state index is 0.0359. The van der Waals surface area contributed by atoms with Crippen LogP contribution in [0.25, 0.3) is 0 Å². The molecule has 0 rings (SSSR count). The highest BCUT2D eigenvalue weighted by Crippen LogP contribution is 2.27. The summed E-state index contributed by atoms with van der Waals surface area (Å²) < 4.78 is 26.2. The lowest BCUT2D eigenvalue weighted by molar-refractivity contribution is -0.0190. The number of unbranched alkanes of at least 4 members (excludes halogenated alkanes) is 7. The molecule has 0 heterocycles. The van der Waals surface area contributed by atoms with E-state index in [-0.39, 0.29) is 19.4 Å². The maximum Gasteiger partial charge on any atom is 0.248 e. The molecule has 0 fully saturated rings. The van der Waals surface area contributed by atoms with Crippen molar-refractivity contribution in [1.29, 1.82) is 0 Å². The van der Waals surface area contributed by atoms with Gasteiger partial charge in [-0.2, -0.15) is 0 Å². The average molecular weight is 250 g/mol. The highest BCUT2D eigenvalue weighted by Gasteiger charge is 2.26. The normalized spacial score (nSPS) is 12.0. The van der Waals surface area contributed by atoms with Crippen LogP contribution in [0.2, 0.25) is 0 Å². The maximum absolute atomic E-state index is 13.1. The Morgan fingerprint density at radius 2 is 1.24 bits per heavy atom. The van der Waals surface area contributed by atoms with Gasteiger partial charge in [-0.25, -0.2) is 8.78 Å². The van der Waals surface area contributed by atoms with Gasteiger partial charge in [0.05, 0.1) is 0 Å². The monoisotopic (exact) mass is 250 g/mol. The highest BCUT2D eigenvalue weighted by atomic mass is 19.3. The quantitative estimate of drug-likeness (QED) is 0.487. The van der Waals surface area contributed by atoms with Gasteiger partial charge in [-0.15, -0.1) is 0 Å². The van der Waals surface area contributed by atoms with Crippen molar-refractivity contribution in [1.82, 2.24) is 0 Å². The van der Waals surface area contributed by atoms with Crippen molar-refractivity contribution >= 4 is 0 Å². The number of hydrogen-bond acceptors (Lipinski definition) is 1. The second-order valence-corrected chi connectivity index (χ2v) is 4.91. The first-order chi connectivity index (χ1) is 8.12. The Hall–Kier alpha value is -0.180. The molecule has 0 aliphatic rings. The van der Waals surface area contributed by atoms with Crippen molar-refractivity contribution in [2.24, 2.45) is 0 Å². The van der Waals surface area contributed by atoms with Gasteiger partial charge < -0.3 is 5.11 Å². The van der Waals surface area contributed by atoms with E-state index in [0.29, 0.717) is 12.8 Å². The number of rotatable bonds is 12. The van der Waals surface area contributed by atoms with Gasteiger partial charge in [0.2, 0.25) is 5.92 Å². The van der Waals surface area contributed by atoms with Crippen molar-refractivity contribution in [3.05, 3.63) is 0 Å². The Bertz CT molecular complexity index is 160. The minimum Gasteiger partial charge on any atom is -0.396 e. The largest absolute Gasteiger partial charge is 0.396 e. The van der Waals surface area contributed by atoms with E-state index >= 15 is 0 Å². The molecule has 0 saturated heterocycles. The first-order valence-corrected chi connectivity index (χ1v) is 7.11. The van der Waals surface area contributed by atoms with E-state index in [1.54, 1.807) is 6.92 Å². The molecule has 0 aromatic carbocycles. The third-order valence-electron chi connectivity index (χ3n) is 3.07. The molecule has 3 heteroatoms. The molecule has 0 bridgehead atoms. The molecule has 1 nitrogen and oxygen atoms in total. The Balaban J connectivity index is 3.18. The Kier molecular flexibility index (Phi) is 10.8. The lowest BCUT2D eigenvalue weighted by Gasteiger charge is -2.14. The summed E-state index contributed by atoms with van der Waals surface area (Å²) in [5.41, 5.74) is 0. The van der Waals surface area contributed by atoms with Gasteiger partial charge in [0, 0.05) is 19.4 Å². The first kappa shape index (κ1) is 16.8. The van der Waals surface area contributed by atoms with Gasteiger partial charge in [-0.05, 0) is 12.8 Å². The predicted octanol–water partition coefficient (Wildman–Crippen LogP) is 4.93.